The SMILES string of the molecule is CN1CCC2(CC1)COc1ccc(CN)cc12.CSc1sc(C=O)cc1-c1cccc(B(O)O)c1. The number of carbonyl (C=O) groups is 1. The summed E-state index contributed by atoms with van der Waals surface area (Å²) in [6.45, 7) is 3.79. The molecule has 184 valence electrons. The lowest BCUT2D eigenvalue weighted by Gasteiger charge is -2.36. The Morgan fingerprint density at radius 3 is 2.63 bits per heavy atom. The number of benzene rings is 2. The van der Waals surface area contributed by atoms with Gasteiger partial charge in [0.05, 0.1) is 15.7 Å². The highest BCUT2D eigenvalue weighted by atomic mass is 32.2. The van der Waals surface area contributed by atoms with Crippen molar-refractivity contribution in [1.29, 1.82) is 0 Å². The van der Waals surface area contributed by atoms with E-state index in [0.29, 0.717) is 16.9 Å². The lowest BCUT2D eigenvalue weighted by molar-refractivity contribution is 0.112. The first-order valence-corrected chi connectivity index (χ1v) is 13.7. The van der Waals surface area contributed by atoms with Gasteiger partial charge in [-0.1, -0.05) is 36.4 Å². The van der Waals surface area contributed by atoms with Crippen molar-refractivity contribution in [3.8, 4) is 16.9 Å². The van der Waals surface area contributed by atoms with E-state index in [0.717, 1.165) is 47.1 Å². The first-order valence-electron chi connectivity index (χ1n) is 11.6. The van der Waals surface area contributed by atoms with E-state index in [9.17, 15) is 4.79 Å². The number of likely N-dealkylation sites (tertiary alicyclic amines) is 1. The Kier molecular flexibility index (Phi) is 8.36. The molecular weight excluding hydrogens is 479 g/mol. The number of nitrogens with zero attached hydrogens (tertiary/aromatic N) is 1. The predicted octanol–water partition coefficient (Wildman–Crippen LogP) is 3.13. The highest BCUT2D eigenvalue weighted by molar-refractivity contribution is 8.00. The summed E-state index contributed by atoms with van der Waals surface area (Å²) in [7, 11) is 0.715. The van der Waals surface area contributed by atoms with Gasteiger partial charge in [0.15, 0.2) is 6.29 Å². The molecule has 1 aromatic heterocycles. The third-order valence-electron chi connectivity index (χ3n) is 6.81. The fourth-order valence-corrected chi connectivity index (χ4v) is 6.41. The molecule has 1 saturated heterocycles. The van der Waals surface area contributed by atoms with Crippen LogP contribution >= 0.6 is 23.1 Å². The van der Waals surface area contributed by atoms with Gasteiger partial charge in [-0.2, -0.15) is 0 Å². The summed E-state index contributed by atoms with van der Waals surface area (Å²) < 4.78 is 6.91. The number of hydrogen-bond acceptors (Lipinski definition) is 8. The van der Waals surface area contributed by atoms with Crippen LogP contribution in [0.2, 0.25) is 0 Å². The summed E-state index contributed by atoms with van der Waals surface area (Å²) in [5, 5.41) is 18.3. The molecule has 0 saturated carbocycles. The van der Waals surface area contributed by atoms with E-state index in [2.05, 4.69) is 30.1 Å². The van der Waals surface area contributed by atoms with Gasteiger partial charge in [0.1, 0.15) is 5.75 Å². The maximum atomic E-state index is 10.8. The van der Waals surface area contributed by atoms with Crippen LogP contribution in [0.5, 0.6) is 5.75 Å². The van der Waals surface area contributed by atoms with E-state index >= 15 is 0 Å². The van der Waals surface area contributed by atoms with Gasteiger partial charge in [0.2, 0.25) is 0 Å². The van der Waals surface area contributed by atoms with E-state index in [4.69, 9.17) is 20.5 Å². The average Bonchev–Trinajstić information content (AvgIpc) is 3.48. The number of rotatable bonds is 5. The minimum Gasteiger partial charge on any atom is -0.492 e. The van der Waals surface area contributed by atoms with Gasteiger partial charge in [-0.05, 0) is 68.0 Å². The van der Waals surface area contributed by atoms with Gasteiger partial charge < -0.3 is 25.4 Å². The highest BCUT2D eigenvalue weighted by Crippen LogP contribution is 2.45. The third-order valence-corrected chi connectivity index (χ3v) is 9.01. The number of aldehydes is 1. The van der Waals surface area contributed by atoms with Crippen LogP contribution in [0, 0.1) is 0 Å². The zero-order chi connectivity index (χ0) is 25.0. The molecule has 2 aromatic carbocycles. The number of thiophene rings is 1. The molecular formula is C26H31BN2O4S2. The topological polar surface area (TPSA) is 96.0 Å². The van der Waals surface area contributed by atoms with Crippen LogP contribution in [-0.2, 0) is 12.0 Å². The summed E-state index contributed by atoms with van der Waals surface area (Å²) in [5.74, 6) is 1.08. The van der Waals surface area contributed by atoms with Crippen LogP contribution in [0.1, 0.15) is 33.6 Å². The number of ether oxygens (including phenoxy) is 1. The number of thioether (sulfide) groups is 1. The normalized spacial score (nSPS) is 16.3. The second-order valence-electron chi connectivity index (χ2n) is 9.08. The average molecular weight is 510 g/mol. The Morgan fingerprint density at radius 1 is 1.20 bits per heavy atom. The van der Waals surface area contributed by atoms with Gasteiger partial charge in [-0.25, -0.2) is 0 Å². The van der Waals surface area contributed by atoms with Crippen molar-refractivity contribution in [2.45, 2.75) is 29.0 Å². The van der Waals surface area contributed by atoms with Gasteiger partial charge >= 0.3 is 7.12 Å². The molecule has 35 heavy (non-hydrogen) atoms. The van der Waals surface area contributed by atoms with Crippen molar-refractivity contribution in [3.05, 3.63) is 64.5 Å². The molecule has 6 nitrogen and oxygen atoms in total. The first kappa shape index (κ1) is 25.9. The van der Waals surface area contributed by atoms with Gasteiger partial charge in [0, 0.05) is 23.1 Å². The summed E-state index contributed by atoms with van der Waals surface area (Å²) in [6.07, 6.45) is 5.18. The van der Waals surface area contributed by atoms with Crippen LogP contribution in [0.4, 0.5) is 0 Å². The van der Waals surface area contributed by atoms with Crippen molar-refractivity contribution in [2.75, 3.05) is 33.0 Å². The number of hydrogen-bond donors (Lipinski definition) is 3. The Bertz CT molecular complexity index is 1180. The molecule has 0 bridgehead atoms. The zero-order valence-corrected chi connectivity index (χ0v) is 21.7. The molecule has 0 unspecified atom stereocenters. The van der Waals surface area contributed by atoms with E-state index in [-0.39, 0.29) is 5.41 Å². The summed E-state index contributed by atoms with van der Waals surface area (Å²) >= 11 is 3.01. The summed E-state index contributed by atoms with van der Waals surface area (Å²) in [6, 6.07) is 15.3. The van der Waals surface area contributed by atoms with E-state index in [1.165, 1.54) is 35.3 Å². The van der Waals surface area contributed by atoms with Crippen LogP contribution in [0.25, 0.3) is 11.1 Å². The first-order chi connectivity index (χ1) is 16.9. The van der Waals surface area contributed by atoms with Gasteiger partial charge in [0.25, 0.3) is 0 Å². The molecule has 1 spiro atoms. The molecule has 2 aliphatic heterocycles. The molecule has 5 rings (SSSR count). The third kappa shape index (κ3) is 5.66. The summed E-state index contributed by atoms with van der Waals surface area (Å²) in [5.41, 5.74) is 10.9. The van der Waals surface area contributed by atoms with Crippen molar-refractivity contribution in [2.24, 2.45) is 5.73 Å². The van der Waals surface area contributed by atoms with E-state index in [1.807, 2.05) is 18.4 Å². The Hall–Kier alpha value is -2.14. The zero-order valence-electron chi connectivity index (χ0n) is 20.1. The second kappa shape index (κ2) is 11.3. The van der Waals surface area contributed by atoms with Crippen LogP contribution in [-0.4, -0.2) is 61.4 Å². The number of carbonyl (C=O) groups excluding carboxylic acids is 1. The van der Waals surface area contributed by atoms with Crippen molar-refractivity contribution >= 4 is 42.0 Å². The van der Waals surface area contributed by atoms with Crippen LogP contribution in [0.15, 0.2) is 52.7 Å². The lowest BCUT2D eigenvalue weighted by Crippen LogP contribution is -2.41. The van der Waals surface area contributed by atoms with E-state index < -0.39 is 7.12 Å². The predicted molar refractivity (Wildman–Crippen MR) is 145 cm³/mol. The van der Waals surface area contributed by atoms with Crippen LogP contribution in [0.3, 0.4) is 0 Å². The minimum absolute atomic E-state index is 0.257. The standard InChI is InChI=1S/C14H20N2O.C12H11BO3S2/c1-16-6-4-14(5-7-16)10-17-13-3-2-11(9-15)8-12(13)14;1-17-12-11(6-10(7-14)18-12)8-3-2-4-9(5-8)13(15)16/h2-3,8H,4-7,9-10,15H2,1H3;2-7,15-16H,1H3. The maximum absolute atomic E-state index is 10.8. The molecule has 1 fully saturated rings. The van der Waals surface area contributed by atoms with Crippen molar-refractivity contribution < 1.29 is 19.6 Å². The molecule has 3 heterocycles. The molecule has 0 aliphatic carbocycles. The van der Waals surface area contributed by atoms with Gasteiger partial charge in [-0.3, -0.25) is 4.79 Å². The smallest absolute Gasteiger partial charge is 0.488 e. The second-order valence-corrected chi connectivity index (χ2v) is 11.2. The minimum atomic E-state index is -1.48. The van der Waals surface area contributed by atoms with Crippen molar-refractivity contribution in [3.63, 3.8) is 0 Å². The van der Waals surface area contributed by atoms with Crippen LogP contribution < -0.4 is 15.9 Å². The quantitative estimate of drug-likeness (QED) is 0.276. The maximum Gasteiger partial charge on any atom is 0.488 e. The molecule has 9 heteroatoms. The molecule has 3 aromatic rings. The fourth-order valence-electron chi connectivity index (χ4n) is 4.67. The molecule has 2 aliphatic rings. The Morgan fingerprint density at radius 2 is 1.97 bits per heavy atom. The largest absolute Gasteiger partial charge is 0.492 e. The van der Waals surface area contributed by atoms with Crippen molar-refractivity contribution in [1.82, 2.24) is 4.90 Å². The number of piperidine rings is 1. The Balaban J connectivity index is 0.000000165. The molecule has 0 atom stereocenters. The van der Waals surface area contributed by atoms with Gasteiger partial charge in [-0.15, -0.1) is 23.1 Å². The molecule has 0 radical (unpaired) electrons. The molecule has 4 N–H and O–H groups in total. The number of nitrogens with two attached hydrogens (primary N) is 1. The fraction of sp³-hybridized carbons (Fsp3) is 0.346. The van der Waals surface area contributed by atoms with E-state index in [1.54, 1.807) is 30.0 Å². The lowest BCUT2D eigenvalue weighted by atomic mass is 9.74. The summed E-state index contributed by atoms with van der Waals surface area (Å²) in [4.78, 5) is 13.9. The monoisotopic (exact) mass is 510 g/mol. The number of fused-ring (bicyclic) bond motifs is 2. The highest BCUT2D eigenvalue weighted by Gasteiger charge is 2.42. The Labute approximate surface area is 215 Å². The molecule has 0 amide bonds.